The number of nitrogens with one attached hydrogen (secondary N) is 1. The molecule has 0 aliphatic heterocycles. The van der Waals surface area contributed by atoms with Crippen molar-refractivity contribution in [3.8, 4) is 0 Å². The minimum Gasteiger partial charge on any atom is -0.316 e. The molecule has 2 unspecified atom stereocenters. The van der Waals surface area contributed by atoms with E-state index in [1.165, 1.54) is 17.7 Å². The molecule has 2 nitrogen and oxygen atoms in total. The van der Waals surface area contributed by atoms with E-state index >= 15 is 0 Å². The van der Waals surface area contributed by atoms with Crippen LogP contribution in [0.25, 0.3) is 0 Å². The Bertz CT molecular complexity index is 354. The summed E-state index contributed by atoms with van der Waals surface area (Å²) >= 11 is 0. The Morgan fingerprint density at radius 1 is 1.50 bits per heavy atom. The van der Waals surface area contributed by atoms with Crippen molar-refractivity contribution in [3.63, 3.8) is 0 Å². The normalized spacial score (nSPS) is 24.1. The number of pyridine rings is 1. The Kier molecular flexibility index (Phi) is 3.02. The van der Waals surface area contributed by atoms with Crippen molar-refractivity contribution in [2.75, 3.05) is 7.05 Å². The second-order valence-electron chi connectivity index (χ2n) is 5.73. The fraction of sp³-hybridized carbons (Fsp3) is 0.643. The van der Waals surface area contributed by atoms with E-state index in [-0.39, 0.29) is 0 Å². The second-order valence-corrected chi connectivity index (χ2v) is 5.73. The van der Waals surface area contributed by atoms with E-state index in [0.29, 0.717) is 11.5 Å². The molecule has 0 aromatic carbocycles. The summed E-state index contributed by atoms with van der Waals surface area (Å²) in [5.74, 6) is 0.806. The van der Waals surface area contributed by atoms with Crippen molar-refractivity contribution < 1.29 is 0 Å². The van der Waals surface area contributed by atoms with Gasteiger partial charge in [0.1, 0.15) is 0 Å². The topological polar surface area (TPSA) is 24.9 Å². The summed E-state index contributed by atoms with van der Waals surface area (Å²) in [4.78, 5) is 4.48. The number of aryl methyl sites for hydroxylation is 1. The van der Waals surface area contributed by atoms with E-state index in [4.69, 9.17) is 0 Å². The SMILES string of the molecule is CNC(Cc1ccc(C)cn1)C1CC1(C)C. The van der Waals surface area contributed by atoms with Crippen LogP contribution in [-0.2, 0) is 6.42 Å². The van der Waals surface area contributed by atoms with E-state index in [1.807, 2.05) is 6.20 Å². The Morgan fingerprint density at radius 2 is 2.19 bits per heavy atom. The van der Waals surface area contributed by atoms with E-state index < -0.39 is 0 Å². The number of aromatic nitrogens is 1. The Balaban J connectivity index is 2.00. The third-order valence-electron chi connectivity index (χ3n) is 3.85. The number of likely N-dealkylation sites (N-methyl/N-ethyl adjacent to an activating group) is 1. The van der Waals surface area contributed by atoms with E-state index in [0.717, 1.165) is 12.3 Å². The third kappa shape index (κ3) is 2.43. The van der Waals surface area contributed by atoms with Gasteiger partial charge in [-0.15, -0.1) is 0 Å². The van der Waals surface area contributed by atoms with Crippen molar-refractivity contribution in [2.24, 2.45) is 11.3 Å². The highest BCUT2D eigenvalue weighted by atomic mass is 14.9. The summed E-state index contributed by atoms with van der Waals surface area (Å²) in [6.45, 7) is 6.78. The molecule has 1 heterocycles. The molecule has 1 aliphatic carbocycles. The lowest BCUT2D eigenvalue weighted by molar-refractivity contribution is 0.423. The van der Waals surface area contributed by atoms with Gasteiger partial charge in [-0.1, -0.05) is 19.9 Å². The molecule has 0 saturated heterocycles. The molecule has 1 aromatic heterocycles. The minimum atomic E-state index is 0.526. The number of rotatable bonds is 4. The van der Waals surface area contributed by atoms with Gasteiger partial charge in [0, 0.05) is 24.4 Å². The molecular weight excluding hydrogens is 196 g/mol. The van der Waals surface area contributed by atoms with Crippen LogP contribution in [-0.4, -0.2) is 18.1 Å². The van der Waals surface area contributed by atoms with Crippen molar-refractivity contribution in [1.82, 2.24) is 10.3 Å². The predicted octanol–water partition coefficient (Wildman–Crippen LogP) is 2.57. The molecule has 0 spiro atoms. The smallest absolute Gasteiger partial charge is 0.0419 e. The summed E-state index contributed by atoms with van der Waals surface area (Å²) in [7, 11) is 2.06. The molecule has 2 heteroatoms. The first-order valence-corrected chi connectivity index (χ1v) is 6.12. The van der Waals surface area contributed by atoms with E-state index in [2.05, 4.69) is 50.3 Å². The minimum absolute atomic E-state index is 0.526. The Morgan fingerprint density at radius 3 is 2.62 bits per heavy atom. The molecule has 1 aliphatic rings. The zero-order chi connectivity index (χ0) is 11.8. The Hall–Kier alpha value is -0.890. The molecule has 2 atom stereocenters. The molecule has 0 amide bonds. The number of hydrogen-bond acceptors (Lipinski definition) is 2. The first-order chi connectivity index (χ1) is 7.53. The van der Waals surface area contributed by atoms with Gasteiger partial charge >= 0.3 is 0 Å². The van der Waals surface area contributed by atoms with Crippen LogP contribution < -0.4 is 5.32 Å². The van der Waals surface area contributed by atoms with Crippen LogP contribution in [0.3, 0.4) is 0 Å². The lowest BCUT2D eigenvalue weighted by atomic mass is 9.99. The lowest BCUT2D eigenvalue weighted by Gasteiger charge is -2.17. The maximum atomic E-state index is 4.48. The monoisotopic (exact) mass is 218 g/mol. The zero-order valence-corrected chi connectivity index (χ0v) is 10.7. The van der Waals surface area contributed by atoms with Crippen LogP contribution in [0.15, 0.2) is 18.3 Å². The second kappa shape index (κ2) is 4.17. The van der Waals surface area contributed by atoms with Crippen LogP contribution in [0.1, 0.15) is 31.5 Å². The summed E-state index contributed by atoms with van der Waals surface area (Å²) < 4.78 is 0. The molecule has 1 aromatic rings. The molecular formula is C14H22N2. The molecule has 0 radical (unpaired) electrons. The maximum absolute atomic E-state index is 4.48. The van der Waals surface area contributed by atoms with Crippen LogP contribution in [0.2, 0.25) is 0 Å². The van der Waals surface area contributed by atoms with E-state index in [1.54, 1.807) is 0 Å². The van der Waals surface area contributed by atoms with Gasteiger partial charge in [-0.25, -0.2) is 0 Å². The molecule has 88 valence electrons. The lowest BCUT2D eigenvalue weighted by Crippen LogP contribution is -2.31. The molecule has 0 bridgehead atoms. The van der Waals surface area contributed by atoms with Crippen LogP contribution >= 0.6 is 0 Å². The number of nitrogens with zero attached hydrogens (tertiary/aromatic N) is 1. The first-order valence-electron chi connectivity index (χ1n) is 6.12. The largest absolute Gasteiger partial charge is 0.316 e. The standard InChI is InChI=1S/C14H22N2/c1-10-5-6-11(16-9-10)7-13(15-4)12-8-14(12,2)3/h5-6,9,12-13,15H,7-8H2,1-4H3. The molecule has 1 N–H and O–H groups in total. The highest BCUT2D eigenvalue weighted by molar-refractivity contribution is 5.14. The number of hydrogen-bond donors (Lipinski definition) is 1. The van der Waals surface area contributed by atoms with Crippen LogP contribution in [0.5, 0.6) is 0 Å². The zero-order valence-electron chi connectivity index (χ0n) is 10.7. The van der Waals surface area contributed by atoms with Gasteiger partial charge in [-0.2, -0.15) is 0 Å². The third-order valence-corrected chi connectivity index (χ3v) is 3.85. The van der Waals surface area contributed by atoms with Crippen LogP contribution in [0.4, 0.5) is 0 Å². The average Bonchev–Trinajstić information content (AvgIpc) is 2.87. The fourth-order valence-electron chi connectivity index (χ4n) is 2.48. The first kappa shape index (κ1) is 11.6. The summed E-state index contributed by atoms with van der Waals surface area (Å²) in [5, 5.41) is 3.44. The van der Waals surface area contributed by atoms with E-state index in [9.17, 15) is 0 Å². The molecule has 1 saturated carbocycles. The molecule has 1 fully saturated rings. The van der Waals surface area contributed by atoms with Gasteiger partial charge < -0.3 is 5.32 Å². The molecule has 16 heavy (non-hydrogen) atoms. The van der Waals surface area contributed by atoms with Gasteiger partial charge in [0.05, 0.1) is 0 Å². The van der Waals surface area contributed by atoms with Gasteiger partial charge in [-0.05, 0) is 43.4 Å². The van der Waals surface area contributed by atoms with Crippen molar-refractivity contribution >= 4 is 0 Å². The Labute approximate surface area is 98.5 Å². The highest BCUT2D eigenvalue weighted by Crippen LogP contribution is 2.53. The average molecular weight is 218 g/mol. The maximum Gasteiger partial charge on any atom is 0.0419 e. The summed E-state index contributed by atoms with van der Waals surface area (Å²) in [6, 6.07) is 4.87. The fourth-order valence-corrected chi connectivity index (χ4v) is 2.48. The van der Waals surface area contributed by atoms with Gasteiger partial charge in [0.2, 0.25) is 0 Å². The highest BCUT2D eigenvalue weighted by Gasteiger charge is 2.49. The van der Waals surface area contributed by atoms with Crippen molar-refractivity contribution in [3.05, 3.63) is 29.6 Å². The van der Waals surface area contributed by atoms with Crippen molar-refractivity contribution in [1.29, 1.82) is 0 Å². The van der Waals surface area contributed by atoms with Crippen LogP contribution in [0, 0.1) is 18.3 Å². The molecule has 2 rings (SSSR count). The van der Waals surface area contributed by atoms with Gasteiger partial charge in [0.25, 0.3) is 0 Å². The van der Waals surface area contributed by atoms with Gasteiger partial charge in [-0.3, -0.25) is 4.98 Å². The predicted molar refractivity (Wildman–Crippen MR) is 67.4 cm³/mol. The summed E-state index contributed by atoms with van der Waals surface area (Å²) in [6.07, 6.45) is 4.34. The van der Waals surface area contributed by atoms with Crippen molar-refractivity contribution in [2.45, 2.75) is 39.7 Å². The van der Waals surface area contributed by atoms with Gasteiger partial charge in [0.15, 0.2) is 0 Å². The quantitative estimate of drug-likeness (QED) is 0.840. The summed E-state index contributed by atoms with van der Waals surface area (Å²) in [5.41, 5.74) is 2.96.